The molecule has 112 valence electrons. The Morgan fingerprint density at radius 3 is 2.59 bits per heavy atom. The summed E-state index contributed by atoms with van der Waals surface area (Å²) in [6.07, 6.45) is 0. The van der Waals surface area contributed by atoms with Crippen LogP contribution in [0.3, 0.4) is 0 Å². The summed E-state index contributed by atoms with van der Waals surface area (Å²) in [7, 11) is 0. The standard InChI is InChI=1S/C16H16N4O2/c1-10(17-11(2)21)15-18-13-8-9-14(22)19-16(13)20(15)12-6-4-3-5-7-12/h3-10H,1-2H3,(H,17,21)(H,19,22). The molecule has 22 heavy (non-hydrogen) atoms. The highest BCUT2D eigenvalue weighted by molar-refractivity contribution is 5.76. The van der Waals surface area contributed by atoms with Gasteiger partial charge in [-0.2, -0.15) is 4.98 Å². The number of carbonyl (C=O) groups excluding carboxylic acids is 1. The number of pyridine rings is 1. The maximum Gasteiger partial charge on any atom is 0.217 e. The van der Waals surface area contributed by atoms with Gasteiger partial charge < -0.3 is 10.4 Å². The van der Waals surface area contributed by atoms with Crippen molar-refractivity contribution in [3.63, 3.8) is 0 Å². The Balaban J connectivity index is 2.25. The fourth-order valence-corrected chi connectivity index (χ4v) is 2.46. The van der Waals surface area contributed by atoms with Crippen molar-refractivity contribution in [1.29, 1.82) is 0 Å². The topological polar surface area (TPSA) is 80.0 Å². The molecule has 2 N–H and O–H groups in total. The van der Waals surface area contributed by atoms with E-state index < -0.39 is 0 Å². The average molecular weight is 296 g/mol. The second kappa shape index (κ2) is 5.48. The fraction of sp³-hybridized carbons (Fsp3) is 0.188. The third-order valence-electron chi connectivity index (χ3n) is 3.34. The third kappa shape index (κ3) is 2.50. The molecule has 0 saturated heterocycles. The van der Waals surface area contributed by atoms with Gasteiger partial charge in [0.25, 0.3) is 0 Å². The molecule has 0 radical (unpaired) electrons. The highest BCUT2D eigenvalue weighted by Gasteiger charge is 2.19. The molecule has 6 heteroatoms. The summed E-state index contributed by atoms with van der Waals surface area (Å²) >= 11 is 0. The van der Waals surface area contributed by atoms with Crippen molar-refractivity contribution < 1.29 is 9.90 Å². The lowest BCUT2D eigenvalue weighted by atomic mass is 10.2. The van der Waals surface area contributed by atoms with Gasteiger partial charge in [-0.05, 0) is 25.1 Å². The van der Waals surface area contributed by atoms with Crippen LogP contribution in [0.5, 0.6) is 5.88 Å². The van der Waals surface area contributed by atoms with Gasteiger partial charge in [0.1, 0.15) is 11.3 Å². The Kier molecular flexibility index (Phi) is 3.50. The highest BCUT2D eigenvalue weighted by Crippen LogP contribution is 2.25. The molecule has 0 bridgehead atoms. The maximum absolute atomic E-state index is 11.3. The molecule has 0 aliphatic heterocycles. The van der Waals surface area contributed by atoms with Crippen LogP contribution in [0.4, 0.5) is 0 Å². The molecule has 3 aromatic rings. The second-order valence-corrected chi connectivity index (χ2v) is 5.08. The van der Waals surface area contributed by atoms with Gasteiger partial charge >= 0.3 is 0 Å². The second-order valence-electron chi connectivity index (χ2n) is 5.08. The van der Waals surface area contributed by atoms with Gasteiger partial charge in [-0.15, -0.1) is 0 Å². The Morgan fingerprint density at radius 2 is 1.91 bits per heavy atom. The predicted octanol–water partition coefficient (Wildman–Crippen LogP) is 2.32. The van der Waals surface area contributed by atoms with Crippen LogP contribution in [-0.2, 0) is 4.79 Å². The summed E-state index contributed by atoms with van der Waals surface area (Å²) in [5.74, 6) is 0.466. The predicted molar refractivity (Wildman–Crippen MR) is 82.8 cm³/mol. The highest BCUT2D eigenvalue weighted by atomic mass is 16.3. The number of hydrogen-bond acceptors (Lipinski definition) is 4. The number of aromatic nitrogens is 3. The molecule has 1 amide bonds. The van der Waals surface area contributed by atoms with E-state index in [-0.39, 0.29) is 17.8 Å². The fourth-order valence-electron chi connectivity index (χ4n) is 2.46. The first-order valence-corrected chi connectivity index (χ1v) is 6.97. The lowest BCUT2D eigenvalue weighted by molar-refractivity contribution is -0.119. The molecule has 1 aromatic carbocycles. The number of rotatable bonds is 3. The number of nitrogens with zero attached hydrogens (tertiary/aromatic N) is 3. The van der Waals surface area contributed by atoms with Gasteiger partial charge in [0.15, 0.2) is 5.65 Å². The van der Waals surface area contributed by atoms with E-state index in [1.54, 1.807) is 6.07 Å². The zero-order valence-electron chi connectivity index (χ0n) is 12.3. The number of aromatic hydroxyl groups is 1. The summed E-state index contributed by atoms with van der Waals surface area (Å²) in [5, 5.41) is 12.5. The molecular formula is C16H16N4O2. The number of amides is 1. The van der Waals surface area contributed by atoms with Crippen molar-refractivity contribution in [2.24, 2.45) is 0 Å². The van der Waals surface area contributed by atoms with E-state index in [1.165, 1.54) is 13.0 Å². The van der Waals surface area contributed by atoms with E-state index in [0.29, 0.717) is 17.0 Å². The Morgan fingerprint density at radius 1 is 1.18 bits per heavy atom. The monoisotopic (exact) mass is 296 g/mol. The van der Waals surface area contributed by atoms with Crippen molar-refractivity contribution in [1.82, 2.24) is 19.9 Å². The van der Waals surface area contributed by atoms with E-state index in [2.05, 4.69) is 15.3 Å². The van der Waals surface area contributed by atoms with Crippen molar-refractivity contribution in [2.75, 3.05) is 0 Å². The largest absolute Gasteiger partial charge is 0.493 e. The van der Waals surface area contributed by atoms with Crippen LogP contribution in [0.1, 0.15) is 25.7 Å². The molecule has 0 aliphatic carbocycles. The van der Waals surface area contributed by atoms with Crippen LogP contribution in [0.15, 0.2) is 42.5 Å². The summed E-state index contributed by atoms with van der Waals surface area (Å²) in [6.45, 7) is 3.33. The summed E-state index contributed by atoms with van der Waals surface area (Å²) < 4.78 is 1.84. The van der Waals surface area contributed by atoms with Crippen LogP contribution in [0.25, 0.3) is 16.9 Å². The van der Waals surface area contributed by atoms with Crippen molar-refractivity contribution in [3.8, 4) is 11.6 Å². The SMILES string of the molecule is CC(=O)NC(C)c1nc2ccc(O)nc2n1-c1ccccc1. The van der Waals surface area contributed by atoms with Crippen molar-refractivity contribution >= 4 is 17.1 Å². The minimum absolute atomic E-state index is 0.0664. The van der Waals surface area contributed by atoms with E-state index in [0.717, 1.165) is 5.69 Å². The van der Waals surface area contributed by atoms with Crippen molar-refractivity contribution in [2.45, 2.75) is 19.9 Å². The molecule has 2 aromatic heterocycles. The van der Waals surface area contributed by atoms with E-state index in [9.17, 15) is 9.90 Å². The minimum atomic E-state index is -0.283. The Bertz CT molecular complexity index is 827. The molecule has 3 rings (SSSR count). The van der Waals surface area contributed by atoms with E-state index in [4.69, 9.17) is 0 Å². The van der Waals surface area contributed by atoms with E-state index >= 15 is 0 Å². The maximum atomic E-state index is 11.3. The van der Waals surface area contributed by atoms with Crippen LogP contribution in [-0.4, -0.2) is 25.5 Å². The van der Waals surface area contributed by atoms with Gasteiger partial charge in [0.2, 0.25) is 11.8 Å². The van der Waals surface area contributed by atoms with Gasteiger partial charge in [0, 0.05) is 18.7 Å². The molecule has 0 spiro atoms. The van der Waals surface area contributed by atoms with Gasteiger partial charge in [0.05, 0.1) is 6.04 Å². The molecule has 0 fully saturated rings. The van der Waals surface area contributed by atoms with Gasteiger partial charge in [-0.3, -0.25) is 9.36 Å². The first-order valence-electron chi connectivity index (χ1n) is 6.97. The zero-order chi connectivity index (χ0) is 15.7. The van der Waals surface area contributed by atoms with Crippen molar-refractivity contribution in [3.05, 3.63) is 48.3 Å². The number of carbonyl (C=O) groups is 1. The van der Waals surface area contributed by atoms with Gasteiger partial charge in [-0.1, -0.05) is 18.2 Å². The average Bonchev–Trinajstić information content (AvgIpc) is 2.86. The smallest absolute Gasteiger partial charge is 0.217 e. The lowest BCUT2D eigenvalue weighted by Crippen LogP contribution is -2.26. The summed E-state index contributed by atoms with van der Waals surface area (Å²) in [5.41, 5.74) is 2.09. The number of imidazole rings is 1. The minimum Gasteiger partial charge on any atom is -0.493 e. The molecule has 1 unspecified atom stereocenters. The zero-order valence-corrected chi connectivity index (χ0v) is 12.3. The molecular weight excluding hydrogens is 280 g/mol. The Labute approximate surface area is 127 Å². The quantitative estimate of drug-likeness (QED) is 0.777. The van der Waals surface area contributed by atoms with Crippen LogP contribution in [0.2, 0.25) is 0 Å². The number of benzene rings is 1. The number of hydrogen-bond donors (Lipinski definition) is 2. The first kappa shape index (κ1) is 14.1. The van der Waals surface area contributed by atoms with Crippen LogP contribution in [0, 0.1) is 0 Å². The number of fused-ring (bicyclic) bond motifs is 1. The number of para-hydroxylation sites is 1. The molecule has 6 nitrogen and oxygen atoms in total. The lowest BCUT2D eigenvalue weighted by Gasteiger charge is -2.15. The Hall–Kier alpha value is -2.89. The number of nitrogens with one attached hydrogen (secondary N) is 1. The van der Waals surface area contributed by atoms with Crippen LogP contribution >= 0.6 is 0 Å². The van der Waals surface area contributed by atoms with Gasteiger partial charge in [-0.25, -0.2) is 4.98 Å². The summed E-state index contributed by atoms with van der Waals surface area (Å²) in [6, 6.07) is 12.5. The molecule has 2 heterocycles. The molecule has 0 aliphatic rings. The third-order valence-corrected chi connectivity index (χ3v) is 3.34. The first-order chi connectivity index (χ1) is 10.6. The molecule has 0 saturated carbocycles. The van der Waals surface area contributed by atoms with Crippen LogP contribution < -0.4 is 5.32 Å². The normalized spacial score (nSPS) is 12.3. The summed E-state index contributed by atoms with van der Waals surface area (Å²) in [4.78, 5) is 20.1. The van der Waals surface area contributed by atoms with E-state index in [1.807, 2.05) is 41.8 Å². The molecule has 1 atom stereocenters.